The third-order valence-corrected chi connectivity index (χ3v) is 2.89. The van der Waals surface area contributed by atoms with Crippen LogP contribution < -0.4 is 10.1 Å². The van der Waals surface area contributed by atoms with Crippen molar-refractivity contribution in [1.82, 2.24) is 0 Å². The molecular formula is C15H14ClNO2. The Morgan fingerprint density at radius 1 is 1.11 bits per heavy atom. The number of benzene rings is 2. The highest BCUT2D eigenvalue weighted by atomic mass is 35.5. The summed E-state index contributed by atoms with van der Waals surface area (Å²) < 4.78 is 5.53. The molecule has 98 valence electrons. The largest absolute Gasteiger partial charge is 0.481 e. The number of amides is 1. The van der Waals surface area contributed by atoms with E-state index in [2.05, 4.69) is 5.32 Å². The third-order valence-electron chi connectivity index (χ3n) is 2.56. The molecule has 0 aliphatic carbocycles. The lowest BCUT2D eigenvalue weighted by Crippen LogP contribution is -2.30. The van der Waals surface area contributed by atoms with Gasteiger partial charge >= 0.3 is 0 Å². The van der Waals surface area contributed by atoms with Crippen LogP contribution in [0.2, 0.25) is 5.02 Å². The molecule has 0 fully saturated rings. The van der Waals surface area contributed by atoms with Crippen molar-refractivity contribution in [2.75, 3.05) is 5.32 Å². The SMILES string of the molecule is C[C@@H](Oc1ccccc1)C(=O)Nc1ccccc1Cl. The number of ether oxygens (including phenoxy) is 1. The Balaban J connectivity index is 1.99. The first-order valence-corrected chi connectivity index (χ1v) is 6.31. The lowest BCUT2D eigenvalue weighted by Gasteiger charge is -2.15. The Kier molecular flexibility index (Phi) is 4.42. The summed E-state index contributed by atoms with van der Waals surface area (Å²) in [5.74, 6) is 0.418. The second kappa shape index (κ2) is 6.25. The van der Waals surface area contributed by atoms with E-state index in [0.29, 0.717) is 16.5 Å². The van der Waals surface area contributed by atoms with Crippen LogP contribution in [0.1, 0.15) is 6.92 Å². The zero-order valence-electron chi connectivity index (χ0n) is 10.5. The lowest BCUT2D eigenvalue weighted by atomic mass is 10.3. The summed E-state index contributed by atoms with van der Waals surface area (Å²) in [6.07, 6.45) is -0.598. The first-order chi connectivity index (χ1) is 9.16. The first kappa shape index (κ1) is 13.4. The van der Waals surface area contributed by atoms with Gasteiger partial charge < -0.3 is 10.1 Å². The van der Waals surface area contributed by atoms with Crippen molar-refractivity contribution in [2.24, 2.45) is 0 Å². The molecule has 0 bridgehead atoms. The van der Waals surface area contributed by atoms with Crippen molar-refractivity contribution in [2.45, 2.75) is 13.0 Å². The van der Waals surface area contributed by atoms with Crippen LogP contribution in [0.3, 0.4) is 0 Å². The van der Waals surface area contributed by atoms with E-state index >= 15 is 0 Å². The van der Waals surface area contributed by atoms with Gasteiger partial charge in [-0.2, -0.15) is 0 Å². The quantitative estimate of drug-likeness (QED) is 0.923. The van der Waals surface area contributed by atoms with E-state index in [-0.39, 0.29) is 5.91 Å². The van der Waals surface area contributed by atoms with Gasteiger partial charge in [0, 0.05) is 0 Å². The predicted octanol–water partition coefficient (Wildman–Crippen LogP) is 3.75. The molecule has 0 aliphatic heterocycles. The number of nitrogens with one attached hydrogen (secondary N) is 1. The summed E-state index contributed by atoms with van der Waals surface area (Å²) in [7, 11) is 0. The number of para-hydroxylation sites is 2. The van der Waals surface area contributed by atoms with E-state index in [4.69, 9.17) is 16.3 Å². The summed E-state index contributed by atoms with van der Waals surface area (Å²) in [6.45, 7) is 1.69. The van der Waals surface area contributed by atoms with Gasteiger partial charge in [0.05, 0.1) is 10.7 Å². The molecule has 2 rings (SSSR count). The number of rotatable bonds is 4. The van der Waals surface area contributed by atoms with Gasteiger partial charge in [0.25, 0.3) is 5.91 Å². The molecule has 3 nitrogen and oxygen atoms in total. The Hall–Kier alpha value is -2.00. The van der Waals surface area contributed by atoms with Crippen LogP contribution in [0.4, 0.5) is 5.69 Å². The fraction of sp³-hybridized carbons (Fsp3) is 0.133. The van der Waals surface area contributed by atoms with Crippen LogP contribution in [0.5, 0.6) is 5.75 Å². The molecule has 2 aromatic rings. The molecule has 0 aliphatic rings. The van der Waals surface area contributed by atoms with Crippen molar-refractivity contribution < 1.29 is 9.53 Å². The number of carbonyl (C=O) groups excluding carboxylic acids is 1. The Morgan fingerprint density at radius 2 is 1.74 bits per heavy atom. The Bertz CT molecular complexity index is 557. The number of anilines is 1. The van der Waals surface area contributed by atoms with Gasteiger partial charge in [-0.05, 0) is 31.2 Å². The predicted molar refractivity (Wildman–Crippen MR) is 76.6 cm³/mol. The van der Waals surface area contributed by atoms with E-state index in [9.17, 15) is 4.79 Å². The maximum Gasteiger partial charge on any atom is 0.265 e. The van der Waals surface area contributed by atoms with Crippen LogP contribution in [-0.2, 0) is 4.79 Å². The Labute approximate surface area is 117 Å². The van der Waals surface area contributed by atoms with E-state index in [1.807, 2.05) is 30.3 Å². The average molecular weight is 276 g/mol. The fourth-order valence-electron chi connectivity index (χ4n) is 1.55. The zero-order valence-corrected chi connectivity index (χ0v) is 11.2. The van der Waals surface area contributed by atoms with Gasteiger partial charge in [-0.25, -0.2) is 0 Å². The summed E-state index contributed by atoms with van der Waals surface area (Å²) in [4.78, 5) is 12.0. The minimum Gasteiger partial charge on any atom is -0.481 e. The second-order valence-corrected chi connectivity index (χ2v) is 4.45. The van der Waals surface area contributed by atoms with Gasteiger partial charge in [0.1, 0.15) is 5.75 Å². The standard InChI is InChI=1S/C15H14ClNO2/c1-11(19-12-7-3-2-4-8-12)15(18)17-14-10-6-5-9-13(14)16/h2-11H,1H3,(H,17,18)/t11-/m1/s1. The molecule has 0 radical (unpaired) electrons. The van der Waals surface area contributed by atoms with Gasteiger partial charge in [-0.1, -0.05) is 41.9 Å². The number of carbonyl (C=O) groups is 1. The average Bonchev–Trinajstić information content (AvgIpc) is 2.42. The van der Waals surface area contributed by atoms with E-state index in [1.165, 1.54) is 0 Å². The normalized spacial score (nSPS) is 11.7. The van der Waals surface area contributed by atoms with E-state index < -0.39 is 6.10 Å². The molecule has 0 spiro atoms. The summed E-state index contributed by atoms with van der Waals surface area (Å²) in [5.41, 5.74) is 0.581. The van der Waals surface area contributed by atoms with Crippen LogP contribution in [-0.4, -0.2) is 12.0 Å². The highest BCUT2D eigenvalue weighted by Crippen LogP contribution is 2.21. The highest BCUT2D eigenvalue weighted by Gasteiger charge is 2.15. The lowest BCUT2D eigenvalue weighted by molar-refractivity contribution is -0.122. The van der Waals surface area contributed by atoms with E-state index in [1.54, 1.807) is 31.2 Å². The molecule has 0 heterocycles. The van der Waals surface area contributed by atoms with Gasteiger partial charge in [-0.15, -0.1) is 0 Å². The number of halogens is 1. The minimum absolute atomic E-state index is 0.239. The Morgan fingerprint density at radius 3 is 2.42 bits per heavy atom. The summed E-state index contributed by atoms with van der Waals surface area (Å²) in [6, 6.07) is 16.3. The van der Waals surface area contributed by atoms with Crippen molar-refractivity contribution in [3.05, 3.63) is 59.6 Å². The van der Waals surface area contributed by atoms with Crippen molar-refractivity contribution in [3.8, 4) is 5.75 Å². The first-order valence-electron chi connectivity index (χ1n) is 5.94. The van der Waals surface area contributed by atoms with Gasteiger partial charge in [0.2, 0.25) is 0 Å². The van der Waals surface area contributed by atoms with E-state index in [0.717, 1.165) is 0 Å². The number of hydrogen-bond donors (Lipinski definition) is 1. The van der Waals surface area contributed by atoms with Crippen molar-refractivity contribution in [1.29, 1.82) is 0 Å². The van der Waals surface area contributed by atoms with Crippen molar-refractivity contribution >= 4 is 23.2 Å². The van der Waals surface area contributed by atoms with Crippen LogP contribution in [0.25, 0.3) is 0 Å². The molecule has 1 amide bonds. The molecule has 1 atom stereocenters. The smallest absolute Gasteiger partial charge is 0.265 e. The molecule has 4 heteroatoms. The maximum absolute atomic E-state index is 12.0. The molecule has 19 heavy (non-hydrogen) atoms. The van der Waals surface area contributed by atoms with Crippen LogP contribution >= 0.6 is 11.6 Å². The second-order valence-electron chi connectivity index (χ2n) is 4.04. The molecule has 0 aromatic heterocycles. The molecule has 0 saturated carbocycles. The molecule has 1 N–H and O–H groups in total. The molecule has 2 aromatic carbocycles. The highest BCUT2D eigenvalue weighted by molar-refractivity contribution is 6.33. The fourth-order valence-corrected chi connectivity index (χ4v) is 1.74. The monoisotopic (exact) mass is 275 g/mol. The van der Waals surface area contributed by atoms with Crippen LogP contribution in [0.15, 0.2) is 54.6 Å². The number of hydrogen-bond acceptors (Lipinski definition) is 2. The van der Waals surface area contributed by atoms with Crippen LogP contribution in [0, 0.1) is 0 Å². The molecular weight excluding hydrogens is 262 g/mol. The third kappa shape index (κ3) is 3.73. The molecule has 0 unspecified atom stereocenters. The topological polar surface area (TPSA) is 38.3 Å². The minimum atomic E-state index is -0.598. The summed E-state index contributed by atoms with van der Waals surface area (Å²) >= 11 is 5.98. The van der Waals surface area contributed by atoms with Crippen molar-refractivity contribution in [3.63, 3.8) is 0 Å². The summed E-state index contributed by atoms with van der Waals surface area (Å²) in [5, 5.41) is 3.24. The zero-order chi connectivity index (χ0) is 13.7. The maximum atomic E-state index is 12.0. The van der Waals surface area contributed by atoms with Gasteiger partial charge in [-0.3, -0.25) is 4.79 Å². The molecule has 0 saturated heterocycles. The van der Waals surface area contributed by atoms with Gasteiger partial charge in [0.15, 0.2) is 6.10 Å².